The number of aromatic nitrogens is 2. The van der Waals surface area contributed by atoms with E-state index in [1.165, 1.54) is 69.4 Å². The Morgan fingerprint density at radius 3 is 1.71 bits per heavy atom. The summed E-state index contributed by atoms with van der Waals surface area (Å²) >= 11 is 1.90. The molecule has 6 heteroatoms. The zero-order valence-corrected chi connectivity index (χ0v) is 39.6. The lowest BCUT2D eigenvalue weighted by Gasteiger charge is -2.34. The molecule has 0 unspecified atom stereocenters. The van der Waals surface area contributed by atoms with Gasteiger partial charge >= 0.3 is 0 Å². The van der Waals surface area contributed by atoms with Gasteiger partial charge in [0.1, 0.15) is 23.0 Å². The lowest BCUT2D eigenvalue weighted by Crippen LogP contribution is -2.57. The molecule has 0 N–H and O–H groups in total. The number of rotatable bonds is 4. The molecule has 5 heterocycles. The van der Waals surface area contributed by atoms with Crippen LogP contribution in [-0.4, -0.2) is 15.8 Å². The maximum absolute atomic E-state index is 7.37. The molecule has 0 saturated carbocycles. The van der Waals surface area contributed by atoms with E-state index < -0.39 is 0 Å². The predicted octanol–water partition coefficient (Wildman–Crippen LogP) is 15.6. The Bertz CT molecular complexity index is 4290. The number of fused-ring (bicyclic) bond motifs is 14. The first-order chi connectivity index (χ1) is 34.4. The fourth-order valence-corrected chi connectivity index (χ4v) is 13.1. The topological polar surface area (TPSA) is 28.3 Å². The predicted molar refractivity (Wildman–Crippen MR) is 295 cm³/mol. The van der Waals surface area contributed by atoms with Crippen molar-refractivity contribution in [3.8, 4) is 56.6 Å². The Hall–Kier alpha value is -8.32. The van der Waals surface area contributed by atoms with Gasteiger partial charge in [-0.2, -0.15) is 0 Å². The van der Waals surface area contributed by atoms with Crippen LogP contribution in [0.5, 0.6) is 23.0 Å². The first-order valence-corrected chi connectivity index (χ1v) is 25.0. The van der Waals surface area contributed by atoms with Gasteiger partial charge < -0.3 is 18.6 Å². The fraction of sp³-hybridized carbons (Fsp3) is 0.0625. The molecule has 4 nitrogen and oxygen atoms in total. The summed E-state index contributed by atoms with van der Waals surface area (Å²) in [5.74, 6) is 3.31. The number of hydrogen-bond donors (Lipinski definition) is 0. The van der Waals surface area contributed by atoms with Crippen LogP contribution >= 0.6 is 11.3 Å². The zero-order valence-electron chi connectivity index (χ0n) is 38.8. The van der Waals surface area contributed by atoms with Gasteiger partial charge in [0.05, 0.1) is 32.5 Å². The largest absolute Gasteiger partial charge is 0.458 e. The highest BCUT2D eigenvalue weighted by molar-refractivity contribution is 7.26. The van der Waals surface area contributed by atoms with Gasteiger partial charge in [-0.3, -0.25) is 0 Å². The molecule has 0 amide bonds. The van der Waals surface area contributed by atoms with Crippen molar-refractivity contribution in [3.05, 3.63) is 212 Å². The Labute approximate surface area is 409 Å². The van der Waals surface area contributed by atoms with Crippen molar-refractivity contribution in [1.82, 2.24) is 9.13 Å². The maximum Gasteiger partial charge on any atom is 0.260 e. The normalized spacial score (nSPS) is 13.0. The monoisotopic (exact) mass is 914 g/mol. The SMILES string of the molecule is CC(C)(C)c1cc2c3cccc(-c4ccccc4)c3n(-c3ccc4c(c3)Oc3cc(-n5c6ccccc6c6ccccc65)cc5c3B4c3ccc(-c4ccccc4)cc3O5)c2c2sc3ccccc3c12. The van der Waals surface area contributed by atoms with Gasteiger partial charge in [0.2, 0.25) is 0 Å². The summed E-state index contributed by atoms with van der Waals surface area (Å²) in [4.78, 5) is 0. The van der Waals surface area contributed by atoms with Gasteiger partial charge in [0.15, 0.2) is 0 Å². The summed E-state index contributed by atoms with van der Waals surface area (Å²) < 4.78 is 22.0. The van der Waals surface area contributed by atoms with Gasteiger partial charge in [-0.1, -0.05) is 172 Å². The third-order valence-electron chi connectivity index (χ3n) is 14.9. The summed E-state index contributed by atoms with van der Waals surface area (Å²) in [6.07, 6.45) is 0. The first kappa shape index (κ1) is 39.7. The molecule has 0 atom stereocenters. The van der Waals surface area contributed by atoms with Crippen molar-refractivity contribution in [2.45, 2.75) is 26.2 Å². The fourth-order valence-electron chi connectivity index (χ4n) is 11.9. The molecular weight excluding hydrogens is 872 g/mol. The van der Waals surface area contributed by atoms with Crippen LogP contribution < -0.4 is 25.9 Å². The molecule has 70 heavy (non-hydrogen) atoms. The van der Waals surface area contributed by atoms with Crippen LogP contribution in [0, 0.1) is 0 Å². The van der Waals surface area contributed by atoms with Crippen LogP contribution in [0.1, 0.15) is 26.3 Å². The molecule has 15 rings (SSSR count). The van der Waals surface area contributed by atoms with Crippen molar-refractivity contribution in [2.75, 3.05) is 0 Å². The molecule has 0 saturated heterocycles. The lowest BCUT2D eigenvalue weighted by atomic mass is 9.35. The lowest BCUT2D eigenvalue weighted by molar-refractivity contribution is 0.464. The molecule has 0 bridgehead atoms. The molecule has 2 aliphatic rings. The second-order valence-corrected chi connectivity index (χ2v) is 21.0. The average Bonchev–Trinajstić information content (AvgIpc) is 4.06. The van der Waals surface area contributed by atoms with Gasteiger partial charge in [-0.15, -0.1) is 11.3 Å². The van der Waals surface area contributed by atoms with E-state index in [-0.39, 0.29) is 12.1 Å². The van der Waals surface area contributed by atoms with Gasteiger partial charge in [-0.25, -0.2) is 0 Å². The van der Waals surface area contributed by atoms with E-state index in [1.807, 2.05) is 11.3 Å². The minimum Gasteiger partial charge on any atom is -0.458 e. The summed E-state index contributed by atoms with van der Waals surface area (Å²) in [7, 11) is 0. The third kappa shape index (κ3) is 5.65. The van der Waals surface area contributed by atoms with E-state index in [0.717, 1.165) is 72.9 Å². The molecule has 3 aromatic heterocycles. The Morgan fingerprint density at radius 1 is 0.429 bits per heavy atom. The van der Waals surface area contributed by atoms with Crippen LogP contribution in [-0.2, 0) is 5.41 Å². The Morgan fingerprint density at radius 2 is 1.01 bits per heavy atom. The highest BCUT2D eigenvalue weighted by Gasteiger charge is 2.41. The Kier molecular flexibility index (Phi) is 8.27. The Balaban J connectivity index is 1.01. The summed E-state index contributed by atoms with van der Waals surface area (Å²) in [6, 6.07) is 75.1. The van der Waals surface area contributed by atoms with Gasteiger partial charge in [0.25, 0.3) is 6.71 Å². The number of thiophene rings is 1. The van der Waals surface area contributed by atoms with Crippen molar-refractivity contribution < 1.29 is 9.47 Å². The van der Waals surface area contributed by atoms with Crippen LogP contribution in [0.3, 0.4) is 0 Å². The highest BCUT2D eigenvalue weighted by atomic mass is 32.1. The smallest absolute Gasteiger partial charge is 0.260 e. The molecular formula is C64H43BN2O2S. The molecule has 13 aromatic rings. The summed E-state index contributed by atoms with van der Waals surface area (Å²) in [5.41, 5.74) is 15.9. The summed E-state index contributed by atoms with van der Waals surface area (Å²) in [6.45, 7) is 6.93. The van der Waals surface area contributed by atoms with Crippen molar-refractivity contribution >= 4 is 98.2 Å². The van der Waals surface area contributed by atoms with Gasteiger partial charge in [0, 0.05) is 71.9 Å². The third-order valence-corrected chi connectivity index (χ3v) is 16.1. The maximum atomic E-state index is 7.37. The highest BCUT2D eigenvalue weighted by Crippen LogP contribution is 2.49. The molecule has 0 fully saturated rings. The first-order valence-electron chi connectivity index (χ1n) is 24.2. The van der Waals surface area contributed by atoms with E-state index in [1.54, 1.807) is 0 Å². The van der Waals surface area contributed by atoms with Crippen molar-refractivity contribution in [2.24, 2.45) is 0 Å². The zero-order chi connectivity index (χ0) is 46.4. The minimum atomic E-state index is -0.120. The van der Waals surface area contributed by atoms with Crippen LogP contribution in [0.2, 0.25) is 0 Å². The molecule has 10 aromatic carbocycles. The van der Waals surface area contributed by atoms with E-state index in [9.17, 15) is 0 Å². The van der Waals surface area contributed by atoms with E-state index in [2.05, 4.69) is 236 Å². The molecule has 0 radical (unpaired) electrons. The number of nitrogens with zero attached hydrogens (tertiary/aromatic N) is 2. The quantitative estimate of drug-likeness (QED) is 0.165. The van der Waals surface area contributed by atoms with E-state index >= 15 is 0 Å². The van der Waals surface area contributed by atoms with Crippen LogP contribution in [0.4, 0.5) is 0 Å². The number of hydrogen-bond acceptors (Lipinski definition) is 3. The number of para-hydroxylation sites is 3. The number of benzene rings is 10. The van der Waals surface area contributed by atoms with Crippen molar-refractivity contribution in [3.63, 3.8) is 0 Å². The van der Waals surface area contributed by atoms with E-state index in [0.29, 0.717) is 0 Å². The minimum absolute atomic E-state index is 0.0897. The summed E-state index contributed by atoms with van der Waals surface area (Å²) in [5, 5.41) is 7.56. The van der Waals surface area contributed by atoms with Gasteiger partial charge in [-0.05, 0) is 75.0 Å². The van der Waals surface area contributed by atoms with Crippen LogP contribution in [0.15, 0.2) is 206 Å². The van der Waals surface area contributed by atoms with Crippen molar-refractivity contribution in [1.29, 1.82) is 0 Å². The molecule has 0 aliphatic carbocycles. The molecule has 330 valence electrons. The van der Waals surface area contributed by atoms with E-state index in [4.69, 9.17) is 9.47 Å². The average molecular weight is 915 g/mol. The second kappa shape index (κ2) is 14.6. The number of ether oxygens (including phenoxy) is 2. The second-order valence-electron chi connectivity index (χ2n) is 20.0. The molecule has 2 aliphatic heterocycles. The standard InChI is InChI=1S/C64H43BN2O2S/c1-64(2,3)49-37-48-46-25-16-24-43(39-19-8-5-9-20-39)61(46)67(62(48)63-59(49)47-23-12-15-28-58(47)70-63)41-30-32-51-55(34-41)69-57-36-42(66-52-26-13-10-21-44(52)45-22-11-14-27-53(45)66)35-56-60(57)65(51)50-31-29-40(33-54(50)68-56)38-17-6-4-7-18-38/h4-37H,1-3H3. The van der Waals surface area contributed by atoms with Crippen LogP contribution in [0.25, 0.3) is 97.4 Å². The molecule has 0 spiro atoms.